The van der Waals surface area contributed by atoms with Gasteiger partial charge in [0.05, 0.1) is 13.2 Å². The van der Waals surface area contributed by atoms with Gasteiger partial charge in [0.25, 0.3) is 0 Å². The highest BCUT2D eigenvalue weighted by molar-refractivity contribution is 5.05. The molecule has 4 aliphatic rings. The molecule has 1 heterocycles. The fraction of sp³-hybridized carbons (Fsp3) is 1.00. The summed E-state index contributed by atoms with van der Waals surface area (Å²) in [5, 5.41) is 3.81. The highest BCUT2D eigenvalue weighted by atomic mass is 16.5. The Hall–Kier alpha value is -0.0800. The topological polar surface area (TPSA) is 21.3 Å². The Kier molecular flexibility index (Phi) is 1.58. The van der Waals surface area contributed by atoms with Crippen LogP contribution in [-0.4, -0.2) is 25.8 Å². The molecule has 1 saturated heterocycles. The van der Waals surface area contributed by atoms with Crippen LogP contribution in [0.25, 0.3) is 0 Å². The van der Waals surface area contributed by atoms with Gasteiger partial charge in [-0.25, -0.2) is 0 Å². The van der Waals surface area contributed by atoms with E-state index in [4.69, 9.17) is 4.74 Å². The molecule has 0 aromatic heterocycles. The third-order valence-electron chi connectivity index (χ3n) is 5.09. The number of hydrogen-bond acceptors (Lipinski definition) is 2. The van der Waals surface area contributed by atoms with Crippen molar-refractivity contribution in [1.82, 2.24) is 5.32 Å². The Bertz CT molecular complexity index is 245. The summed E-state index contributed by atoms with van der Waals surface area (Å²) < 4.78 is 5.41. The molecule has 3 saturated carbocycles. The van der Waals surface area contributed by atoms with Crippen molar-refractivity contribution in [3.63, 3.8) is 0 Å². The molecule has 0 aromatic carbocycles. The summed E-state index contributed by atoms with van der Waals surface area (Å²) in [4.78, 5) is 0. The highest BCUT2D eigenvalue weighted by Gasteiger charge is 2.54. The van der Waals surface area contributed by atoms with Gasteiger partial charge in [-0.15, -0.1) is 0 Å². The molecule has 3 aliphatic carbocycles. The quantitative estimate of drug-likeness (QED) is 0.728. The molecule has 0 aromatic rings. The molecular weight excluding hydrogens is 174 g/mol. The molecule has 5 atom stereocenters. The highest BCUT2D eigenvalue weighted by Crippen LogP contribution is 2.53. The van der Waals surface area contributed by atoms with E-state index in [2.05, 4.69) is 5.32 Å². The number of nitrogens with one attached hydrogen (secondary N) is 1. The van der Waals surface area contributed by atoms with Gasteiger partial charge in [0, 0.05) is 6.04 Å². The Labute approximate surface area is 85.4 Å². The van der Waals surface area contributed by atoms with E-state index in [1.807, 2.05) is 0 Å². The van der Waals surface area contributed by atoms with Crippen LogP contribution in [0.5, 0.6) is 0 Å². The van der Waals surface area contributed by atoms with Crippen molar-refractivity contribution >= 4 is 0 Å². The van der Waals surface area contributed by atoms with Crippen molar-refractivity contribution in [2.75, 3.05) is 19.8 Å². The molecule has 2 nitrogen and oxygen atoms in total. The fourth-order valence-corrected chi connectivity index (χ4v) is 3.91. The molecule has 0 radical (unpaired) electrons. The maximum atomic E-state index is 5.41. The van der Waals surface area contributed by atoms with Gasteiger partial charge in [-0.3, -0.25) is 0 Å². The van der Waals surface area contributed by atoms with E-state index in [1.54, 1.807) is 0 Å². The van der Waals surface area contributed by atoms with Crippen molar-refractivity contribution in [2.45, 2.75) is 25.3 Å². The predicted molar refractivity (Wildman–Crippen MR) is 53.9 cm³/mol. The van der Waals surface area contributed by atoms with Gasteiger partial charge in [-0.1, -0.05) is 0 Å². The van der Waals surface area contributed by atoms with Crippen LogP contribution in [0.2, 0.25) is 0 Å². The van der Waals surface area contributed by atoms with E-state index in [9.17, 15) is 0 Å². The van der Waals surface area contributed by atoms with Gasteiger partial charge in [-0.2, -0.15) is 0 Å². The summed E-state index contributed by atoms with van der Waals surface area (Å²) in [6.07, 6.45) is 4.48. The standard InChI is InChI=1S/C12H19NO/c1-2-12(8-3-7(1)8)13-4-9-10-5-14-6-11(9)10/h7-13H,1-6H2. The van der Waals surface area contributed by atoms with Gasteiger partial charge in [0.15, 0.2) is 0 Å². The maximum Gasteiger partial charge on any atom is 0.0501 e. The first kappa shape index (κ1) is 8.12. The smallest absolute Gasteiger partial charge is 0.0501 e. The zero-order valence-electron chi connectivity index (χ0n) is 8.61. The first-order valence-corrected chi connectivity index (χ1v) is 6.24. The molecule has 0 bridgehead atoms. The number of ether oxygens (including phenoxy) is 1. The average molecular weight is 193 g/mol. The maximum absolute atomic E-state index is 5.41. The molecule has 5 unspecified atom stereocenters. The van der Waals surface area contributed by atoms with E-state index in [-0.39, 0.29) is 0 Å². The van der Waals surface area contributed by atoms with Gasteiger partial charge in [-0.05, 0) is 55.4 Å². The van der Waals surface area contributed by atoms with Crippen molar-refractivity contribution in [2.24, 2.45) is 29.6 Å². The molecule has 1 N–H and O–H groups in total. The summed E-state index contributed by atoms with van der Waals surface area (Å²) in [7, 11) is 0. The number of hydrogen-bond donors (Lipinski definition) is 1. The molecule has 0 amide bonds. The fourth-order valence-electron chi connectivity index (χ4n) is 3.91. The van der Waals surface area contributed by atoms with Crippen LogP contribution in [0.4, 0.5) is 0 Å². The van der Waals surface area contributed by atoms with Crippen molar-refractivity contribution in [3.05, 3.63) is 0 Å². The van der Waals surface area contributed by atoms with Gasteiger partial charge < -0.3 is 10.1 Å². The van der Waals surface area contributed by atoms with Gasteiger partial charge >= 0.3 is 0 Å². The lowest BCUT2D eigenvalue weighted by molar-refractivity contribution is 0.150. The molecule has 14 heavy (non-hydrogen) atoms. The molecule has 78 valence electrons. The first-order chi connectivity index (χ1) is 6.93. The largest absolute Gasteiger partial charge is 0.381 e. The molecule has 4 fully saturated rings. The molecular formula is C12H19NO. The second-order valence-corrected chi connectivity index (χ2v) is 5.78. The number of fused-ring (bicyclic) bond motifs is 2. The minimum absolute atomic E-state index is 0.891. The van der Waals surface area contributed by atoms with Crippen molar-refractivity contribution in [3.8, 4) is 0 Å². The van der Waals surface area contributed by atoms with Crippen LogP contribution < -0.4 is 5.32 Å². The summed E-state index contributed by atoms with van der Waals surface area (Å²) in [6, 6.07) is 0.891. The van der Waals surface area contributed by atoms with Crippen LogP contribution in [0.3, 0.4) is 0 Å². The van der Waals surface area contributed by atoms with Crippen LogP contribution in [0.1, 0.15) is 19.3 Å². The monoisotopic (exact) mass is 193 g/mol. The van der Waals surface area contributed by atoms with Crippen LogP contribution in [0.15, 0.2) is 0 Å². The minimum atomic E-state index is 0.891. The predicted octanol–water partition coefficient (Wildman–Crippen LogP) is 1.27. The lowest BCUT2D eigenvalue weighted by atomic mass is 10.1. The summed E-state index contributed by atoms with van der Waals surface area (Å²) in [5.41, 5.74) is 0. The van der Waals surface area contributed by atoms with Gasteiger partial charge in [0.2, 0.25) is 0 Å². The average Bonchev–Trinajstić information content (AvgIpc) is 3.00. The van der Waals surface area contributed by atoms with Crippen LogP contribution in [-0.2, 0) is 4.74 Å². The van der Waals surface area contributed by atoms with E-state index in [0.29, 0.717) is 0 Å². The zero-order chi connectivity index (χ0) is 9.12. The molecule has 4 rings (SSSR count). The molecule has 2 heteroatoms. The summed E-state index contributed by atoms with van der Waals surface area (Å²) in [6.45, 7) is 3.38. The van der Waals surface area contributed by atoms with Crippen molar-refractivity contribution in [1.29, 1.82) is 0 Å². The third kappa shape index (κ3) is 1.10. The lowest BCUT2D eigenvalue weighted by Crippen LogP contribution is -2.31. The van der Waals surface area contributed by atoms with E-state index >= 15 is 0 Å². The minimum Gasteiger partial charge on any atom is -0.381 e. The van der Waals surface area contributed by atoms with Crippen molar-refractivity contribution < 1.29 is 4.74 Å². The lowest BCUT2D eigenvalue weighted by Gasteiger charge is -2.14. The molecule has 0 spiro atoms. The zero-order valence-corrected chi connectivity index (χ0v) is 8.61. The summed E-state index contributed by atoms with van der Waals surface area (Å²) in [5.74, 6) is 5.03. The van der Waals surface area contributed by atoms with Crippen LogP contribution in [0, 0.1) is 29.6 Å². The van der Waals surface area contributed by atoms with Gasteiger partial charge in [0.1, 0.15) is 0 Å². The van der Waals surface area contributed by atoms with Crippen LogP contribution >= 0.6 is 0 Å². The Balaban J connectivity index is 1.28. The Morgan fingerprint density at radius 3 is 2.57 bits per heavy atom. The Morgan fingerprint density at radius 1 is 1.07 bits per heavy atom. The Morgan fingerprint density at radius 2 is 1.93 bits per heavy atom. The molecule has 1 aliphatic heterocycles. The number of rotatable bonds is 3. The van der Waals surface area contributed by atoms with E-state index in [0.717, 1.165) is 48.8 Å². The van der Waals surface area contributed by atoms with E-state index in [1.165, 1.54) is 25.8 Å². The second kappa shape index (κ2) is 2.73. The SMILES string of the molecule is C1CC(NCC2C3COCC23)C2CC12. The first-order valence-electron chi connectivity index (χ1n) is 6.24. The summed E-state index contributed by atoms with van der Waals surface area (Å²) >= 11 is 0. The third-order valence-corrected chi connectivity index (χ3v) is 5.09. The normalized spacial score (nSPS) is 58.3. The second-order valence-electron chi connectivity index (χ2n) is 5.78. The van der Waals surface area contributed by atoms with E-state index < -0.39 is 0 Å².